The Morgan fingerprint density at radius 1 is 0.889 bits per heavy atom. The number of rotatable bonds is 12. The van der Waals surface area contributed by atoms with Crippen LogP contribution in [0, 0.1) is 6.92 Å². The molecule has 0 heterocycles. The number of nitrogens with one attached hydrogen (secondary N) is 2. The summed E-state index contributed by atoms with van der Waals surface area (Å²) in [4.78, 5) is 12.4. The summed E-state index contributed by atoms with van der Waals surface area (Å²) in [5, 5.41) is 2.77. The Morgan fingerprint density at radius 2 is 1.56 bits per heavy atom. The molecular formula is C26H30N2O7S. The molecule has 0 fully saturated rings. The van der Waals surface area contributed by atoms with Crippen molar-refractivity contribution in [3.63, 3.8) is 0 Å². The van der Waals surface area contributed by atoms with Gasteiger partial charge in [0.1, 0.15) is 23.0 Å². The topological polar surface area (TPSA) is 112 Å². The third-order valence-electron chi connectivity index (χ3n) is 5.23. The predicted molar refractivity (Wildman–Crippen MR) is 136 cm³/mol. The smallest absolute Gasteiger partial charge is 0.261 e. The lowest BCUT2D eigenvalue weighted by atomic mass is 10.1. The van der Waals surface area contributed by atoms with Crippen molar-refractivity contribution in [2.75, 3.05) is 32.2 Å². The van der Waals surface area contributed by atoms with Crippen LogP contribution in [0.1, 0.15) is 18.1 Å². The van der Waals surface area contributed by atoms with E-state index in [4.69, 9.17) is 18.9 Å². The van der Waals surface area contributed by atoms with Crippen molar-refractivity contribution in [1.29, 1.82) is 0 Å². The lowest BCUT2D eigenvalue weighted by Gasteiger charge is -2.15. The van der Waals surface area contributed by atoms with Gasteiger partial charge in [0.2, 0.25) is 0 Å². The Labute approximate surface area is 211 Å². The molecule has 0 atom stereocenters. The zero-order valence-electron chi connectivity index (χ0n) is 20.7. The fourth-order valence-corrected chi connectivity index (χ4v) is 4.58. The van der Waals surface area contributed by atoms with E-state index in [1.54, 1.807) is 63.6 Å². The van der Waals surface area contributed by atoms with Crippen LogP contribution in [0.4, 0.5) is 5.69 Å². The molecule has 0 saturated heterocycles. The van der Waals surface area contributed by atoms with Gasteiger partial charge in [-0.15, -0.1) is 0 Å². The minimum absolute atomic E-state index is 0.0777. The third kappa shape index (κ3) is 6.82. The average molecular weight is 515 g/mol. The molecule has 0 radical (unpaired) electrons. The summed E-state index contributed by atoms with van der Waals surface area (Å²) >= 11 is 0. The van der Waals surface area contributed by atoms with E-state index in [-0.39, 0.29) is 24.0 Å². The van der Waals surface area contributed by atoms with Crippen molar-refractivity contribution in [3.05, 3.63) is 71.8 Å². The quantitative estimate of drug-likeness (QED) is 0.377. The van der Waals surface area contributed by atoms with Crippen LogP contribution in [0.25, 0.3) is 0 Å². The standard InChI is InChI=1S/C26H30N2O7S/c1-5-34-20-11-9-19(10-12-20)28-36(30,31)21-13-14-23(18(2)15-21)35-17-26(29)27-16-22-24(32-3)7-6-8-25(22)33-4/h6-15,28H,5,16-17H2,1-4H3,(H,27,29). The molecule has 2 N–H and O–H groups in total. The van der Waals surface area contributed by atoms with Crippen molar-refractivity contribution in [1.82, 2.24) is 5.32 Å². The molecule has 0 aliphatic heterocycles. The summed E-state index contributed by atoms with van der Waals surface area (Å²) in [6.45, 7) is 4.07. The van der Waals surface area contributed by atoms with Crippen molar-refractivity contribution in [2.45, 2.75) is 25.3 Å². The Hall–Kier alpha value is -3.92. The fraction of sp³-hybridized carbons (Fsp3) is 0.269. The van der Waals surface area contributed by atoms with E-state index in [9.17, 15) is 13.2 Å². The summed E-state index contributed by atoms with van der Waals surface area (Å²) in [5.74, 6) is 1.91. The van der Waals surface area contributed by atoms with E-state index >= 15 is 0 Å². The monoisotopic (exact) mass is 514 g/mol. The minimum Gasteiger partial charge on any atom is -0.496 e. The Kier molecular flexibility index (Phi) is 9.02. The molecule has 3 aromatic rings. The van der Waals surface area contributed by atoms with Gasteiger partial charge in [0.05, 0.1) is 37.8 Å². The summed E-state index contributed by atoms with van der Waals surface area (Å²) < 4.78 is 49.8. The first-order chi connectivity index (χ1) is 17.3. The maximum atomic E-state index is 12.8. The summed E-state index contributed by atoms with van der Waals surface area (Å²) in [6, 6.07) is 16.5. The number of ether oxygens (including phenoxy) is 4. The van der Waals surface area contributed by atoms with Crippen molar-refractivity contribution in [3.8, 4) is 23.0 Å². The van der Waals surface area contributed by atoms with E-state index in [1.807, 2.05) is 6.92 Å². The highest BCUT2D eigenvalue weighted by Crippen LogP contribution is 2.28. The number of aryl methyl sites for hydroxylation is 1. The molecule has 1 amide bonds. The third-order valence-corrected chi connectivity index (χ3v) is 6.60. The van der Waals surface area contributed by atoms with Crippen LogP contribution >= 0.6 is 0 Å². The minimum atomic E-state index is -3.81. The second-order valence-corrected chi connectivity index (χ2v) is 9.38. The summed E-state index contributed by atoms with van der Waals surface area (Å²) in [7, 11) is -0.721. The van der Waals surface area contributed by atoms with Crippen molar-refractivity contribution < 1.29 is 32.2 Å². The number of carbonyl (C=O) groups is 1. The van der Waals surface area contributed by atoms with Crippen LogP contribution in [-0.2, 0) is 21.4 Å². The van der Waals surface area contributed by atoms with Crippen LogP contribution < -0.4 is 29.0 Å². The van der Waals surface area contributed by atoms with E-state index in [2.05, 4.69) is 10.0 Å². The number of hydrogen-bond acceptors (Lipinski definition) is 7. The number of methoxy groups -OCH3 is 2. The number of sulfonamides is 1. The highest BCUT2D eigenvalue weighted by molar-refractivity contribution is 7.92. The first kappa shape index (κ1) is 26.7. The van der Waals surface area contributed by atoms with E-state index in [0.717, 1.165) is 0 Å². The van der Waals surface area contributed by atoms with E-state index in [1.165, 1.54) is 18.2 Å². The van der Waals surface area contributed by atoms with Gasteiger partial charge in [-0.3, -0.25) is 9.52 Å². The molecule has 0 spiro atoms. The number of anilines is 1. The summed E-state index contributed by atoms with van der Waals surface area (Å²) in [6.07, 6.45) is 0. The molecule has 0 bridgehead atoms. The molecule has 10 heteroatoms. The van der Waals surface area contributed by atoms with Gasteiger partial charge >= 0.3 is 0 Å². The maximum absolute atomic E-state index is 12.8. The normalized spacial score (nSPS) is 10.9. The van der Waals surface area contributed by atoms with Crippen LogP contribution in [0.3, 0.4) is 0 Å². The first-order valence-corrected chi connectivity index (χ1v) is 12.7. The van der Waals surface area contributed by atoms with Gasteiger partial charge in [0.25, 0.3) is 15.9 Å². The lowest BCUT2D eigenvalue weighted by molar-refractivity contribution is -0.123. The van der Waals surface area contributed by atoms with Crippen LogP contribution in [0.2, 0.25) is 0 Å². The van der Waals surface area contributed by atoms with Gasteiger partial charge in [-0.1, -0.05) is 6.07 Å². The van der Waals surface area contributed by atoms with Gasteiger partial charge in [-0.25, -0.2) is 8.42 Å². The molecule has 3 aromatic carbocycles. The summed E-state index contributed by atoms with van der Waals surface area (Å²) in [5.41, 5.74) is 1.70. The number of amides is 1. The zero-order valence-corrected chi connectivity index (χ0v) is 21.5. The van der Waals surface area contributed by atoms with Gasteiger partial charge in [0.15, 0.2) is 6.61 Å². The largest absolute Gasteiger partial charge is 0.496 e. The van der Waals surface area contributed by atoms with Gasteiger partial charge in [-0.2, -0.15) is 0 Å². The van der Waals surface area contributed by atoms with Crippen LogP contribution in [0.5, 0.6) is 23.0 Å². The van der Waals surface area contributed by atoms with Crippen LogP contribution in [-0.4, -0.2) is 41.8 Å². The Bertz CT molecular complexity index is 1270. The van der Waals surface area contributed by atoms with Crippen LogP contribution in [0.15, 0.2) is 65.6 Å². The van der Waals surface area contributed by atoms with Crippen molar-refractivity contribution >= 4 is 21.6 Å². The Balaban J connectivity index is 1.59. The number of carbonyl (C=O) groups excluding carboxylic acids is 1. The van der Waals surface area contributed by atoms with Gasteiger partial charge in [-0.05, 0) is 74.0 Å². The first-order valence-electron chi connectivity index (χ1n) is 11.2. The molecule has 36 heavy (non-hydrogen) atoms. The molecule has 9 nitrogen and oxygen atoms in total. The van der Waals surface area contributed by atoms with Gasteiger partial charge < -0.3 is 24.3 Å². The van der Waals surface area contributed by atoms with E-state index in [0.29, 0.717) is 46.4 Å². The lowest BCUT2D eigenvalue weighted by Crippen LogP contribution is -2.28. The molecule has 0 saturated carbocycles. The molecule has 0 aromatic heterocycles. The van der Waals surface area contributed by atoms with E-state index < -0.39 is 10.0 Å². The number of benzene rings is 3. The molecule has 0 aliphatic rings. The highest BCUT2D eigenvalue weighted by Gasteiger charge is 2.17. The zero-order chi connectivity index (χ0) is 26.1. The second kappa shape index (κ2) is 12.2. The molecule has 3 rings (SSSR count). The second-order valence-electron chi connectivity index (χ2n) is 7.70. The fourth-order valence-electron chi connectivity index (χ4n) is 3.43. The molecule has 0 aliphatic carbocycles. The number of hydrogen-bond donors (Lipinski definition) is 2. The van der Waals surface area contributed by atoms with Crippen molar-refractivity contribution in [2.24, 2.45) is 0 Å². The van der Waals surface area contributed by atoms with Gasteiger partial charge in [0, 0.05) is 5.69 Å². The predicted octanol–water partition coefficient (Wildman–Crippen LogP) is 3.91. The SMILES string of the molecule is CCOc1ccc(NS(=O)(=O)c2ccc(OCC(=O)NCc3c(OC)cccc3OC)c(C)c2)cc1. The Morgan fingerprint density at radius 3 is 2.14 bits per heavy atom. The average Bonchev–Trinajstić information content (AvgIpc) is 2.87. The molecule has 192 valence electrons. The highest BCUT2D eigenvalue weighted by atomic mass is 32.2. The maximum Gasteiger partial charge on any atom is 0.261 e. The molecular weight excluding hydrogens is 484 g/mol. The molecule has 0 unspecified atom stereocenters.